The van der Waals surface area contributed by atoms with Gasteiger partial charge in [0.1, 0.15) is 11.4 Å². The first-order valence-corrected chi connectivity index (χ1v) is 5.96. The van der Waals surface area contributed by atoms with E-state index in [1.54, 1.807) is 12.3 Å². The van der Waals surface area contributed by atoms with Crippen LogP contribution in [0.5, 0.6) is 0 Å². The molecular weight excluding hydrogens is 242 g/mol. The topological polar surface area (TPSA) is 77.2 Å². The average molecular weight is 261 g/mol. The van der Waals surface area contributed by atoms with E-state index < -0.39 is 11.7 Å². The average Bonchev–Trinajstić information content (AvgIpc) is 2.24. The zero-order valence-electron chi connectivity index (χ0n) is 11.7. The van der Waals surface area contributed by atoms with E-state index >= 15 is 0 Å². The molecule has 0 bridgehead atoms. The van der Waals surface area contributed by atoms with Gasteiger partial charge in [0.05, 0.1) is 6.54 Å². The molecule has 5 heteroatoms. The highest BCUT2D eigenvalue weighted by Gasteiger charge is 2.14. The van der Waals surface area contributed by atoms with E-state index in [9.17, 15) is 4.79 Å². The molecule has 1 heterocycles. The summed E-state index contributed by atoms with van der Waals surface area (Å²) in [6, 6.07) is 1.76. The predicted molar refractivity (Wildman–Crippen MR) is 74.5 cm³/mol. The molecule has 1 aromatic heterocycles. The van der Waals surface area contributed by atoms with Crippen LogP contribution in [0.15, 0.2) is 12.3 Å². The number of ether oxygens (including phenoxy) is 1. The zero-order chi connectivity index (χ0) is 14.5. The first kappa shape index (κ1) is 14.8. The molecule has 0 aliphatic heterocycles. The summed E-state index contributed by atoms with van der Waals surface area (Å²) >= 11 is 0. The van der Waals surface area contributed by atoms with E-state index in [2.05, 4.69) is 22.1 Å². The van der Waals surface area contributed by atoms with Crippen molar-refractivity contribution >= 4 is 11.9 Å². The molecule has 5 nitrogen and oxygen atoms in total. The number of carbonyl (C=O) groups is 1. The SMILES string of the molecule is Cc1cc(N)ncc1C#CCNC(=O)OC(C)(C)C. The number of nitrogen functional groups attached to an aromatic ring is 1. The minimum atomic E-state index is -0.505. The highest BCUT2D eigenvalue weighted by molar-refractivity contribution is 5.68. The second-order valence-corrected chi connectivity index (χ2v) is 5.08. The molecular formula is C14H19N3O2. The quantitative estimate of drug-likeness (QED) is 0.756. The van der Waals surface area contributed by atoms with Gasteiger partial charge in [0, 0.05) is 11.8 Å². The molecule has 0 saturated heterocycles. The fourth-order valence-electron chi connectivity index (χ4n) is 1.28. The van der Waals surface area contributed by atoms with Crippen LogP contribution in [0.25, 0.3) is 0 Å². The zero-order valence-corrected chi connectivity index (χ0v) is 11.7. The van der Waals surface area contributed by atoms with Crippen LogP contribution < -0.4 is 11.1 Å². The van der Waals surface area contributed by atoms with Crippen molar-refractivity contribution in [3.63, 3.8) is 0 Å². The number of nitrogens with zero attached hydrogens (tertiary/aromatic N) is 1. The standard InChI is InChI=1S/C14H19N3O2/c1-10-8-12(15)17-9-11(10)6-5-7-16-13(18)19-14(2,3)4/h8-9H,7H2,1-4H3,(H2,15,17)(H,16,18). The molecule has 102 valence electrons. The van der Waals surface area contributed by atoms with Crippen molar-refractivity contribution in [1.82, 2.24) is 10.3 Å². The van der Waals surface area contributed by atoms with E-state index in [0.29, 0.717) is 5.82 Å². The third kappa shape index (κ3) is 5.77. The molecule has 0 aliphatic rings. The smallest absolute Gasteiger partial charge is 0.408 e. The van der Waals surface area contributed by atoms with Crippen LogP contribution in [0.4, 0.5) is 10.6 Å². The Morgan fingerprint density at radius 2 is 2.21 bits per heavy atom. The lowest BCUT2D eigenvalue weighted by molar-refractivity contribution is 0.0535. The van der Waals surface area contributed by atoms with Gasteiger partial charge in [-0.3, -0.25) is 0 Å². The first-order chi connectivity index (χ1) is 8.78. The summed E-state index contributed by atoms with van der Waals surface area (Å²) in [5.41, 5.74) is 6.79. The Morgan fingerprint density at radius 3 is 2.79 bits per heavy atom. The van der Waals surface area contributed by atoms with Crippen LogP contribution in [0.1, 0.15) is 31.9 Å². The van der Waals surface area contributed by atoms with Gasteiger partial charge in [-0.15, -0.1) is 0 Å². The van der Waals surface area contributed by atoms with E-state index in [1.807, 2.05) is 27.7 Å². The highest BCUT2D eigenvalue weighted by atomic mass is 16.6. The molecule has 0 unspecified atom stereocenters. The number of hydrogen-bond acceptors (Lipinski definition) is 4. The highest BCUT2D eigenvalue weighted by Crippen LogP contribution is 2.07. The first-order valence-electron chi connectivity index (χ1n) is 5.96. The Morgan fingerprint density at radius 1 is 1.53 bits per heavy atom. The summed E-state index contributed by atoms with van der Waals surface area (Å²) < 4.78 is 5.08. The maximum absolute atomic E-state index is 11.4. The van der Waals surface area contributed by atoms with Crippen LogP contribution in [0.3, 0.4) is 0 Å². The lowest BCUT2D eigenvalue weighted by Crippen LogP contribution is -2.32. The molecule has 0 aliphatic carbocycles. The summed E-state index contributed by atoms with van der Waals surface area (Å²) in [5.74, 6) is 6.22. The molecule has 1 amide bonds. The monoisotopic (exact) mass is 261 g/mol. The van der Waals surface area contributed by atoms with Gasteiger partial charge in [0.15, 0.2) is 0 Å². The van der Waals surface area contributed by atoms with Crippen molar-refractivity contribution in [2.45, 2.75) is 33.3 Å². The number of anilines is 1. The van der Waals surface area contributed by atoms with Crippen molar-refractivity contribution in [3.8, 4) is 11.8 Å². The molecule has 3 N–H and O–H groups in total. The summed E-state index contributed by atoms with van der Waals surface area (Å²) in [7, 11) is 0. The van der Waals surface area contributed by atoms with Gasteiger partial charge in [0.25, 0.3) is 0 Å². The number of nitrogens with two attached hydrogens (primary N) is 1. The molecule has 0 fully saturated rings. The third-order valence-electron chi connectivity index (χ3n) is 2.08. The largest absolute Gasteiger partial charge is 0.444 e. The van der Waals surface area contributed by atoms with Crippen LogP contribution in [-0.4, -0.2) is 23.2 Å². The van der Waals surface area contributed by atoms with Gasteiger partial charge >= 0.3 is 6.09 Å². The van der Waals surface area contributed by atoms with Gasteiger partial charge in [-0.1, -0.05) is 11.8 Å². The number of aromatic nitrogens is 1. The van der Waals surface area contributed by atoms with E-state index in [0.717, 1.165) is 11.1 Å². The fourth-order valence-corrected chi connectivity index (χ4v) is 1.28. The second-order valence-electron chi connectivity index (χ2n) is 5.08. The Labute approximate surface area is 113 Å². The minimum absolute atomic E-state index is 0.221. The maximum atomic E-state index is 11.4. The summed E-state index contributed by atoms with van der Waals surface area (Å²) in [5, 5.41) is 2.56. The molecule has 19 heavy (non-hydrogen) atoms. The van der Waals surface area contributed by atoms with Gasteiger partial charge in [-0.05, 0) is 39.3 Å². The molecule has 0 saturated carbocycles. The van der Waals surface area contributed by atoms with E-state index in [-0.39, 0.29) is 6.54 Å². The number of alkyl carbamates (subject to hydrolysis) is 1. The number of aryl methyl sites for hydroxylation is 1. The summed E-state index contributed by atoms with van der Waals surface area (Å²) in [6.07, 6.45) is 1.14. The van der Waals surface area contributed by atoms with Gasteiger partial charge in [0.2, 0.25) is 0 Å². The van der Waals surface area contributed by atoms with Gasteiger partial charge in [-0.25, -0.2) is 9.78 Å². The normalized spacial score (nSPS) is 10.3. The maximum Gasteiger partial charge on any atom is 0.408 e. The van der Waals surface area contributed by atoms with Crippen molar-refractivity contribution < 1.29 is 9.53 Å². The summed E-state index contributed by atoms with van der Waals surface area (Å²) in [4.78, 5) is 15.3. The van der Waals surface area contributed by atoms with Crippen molar-refractivity contribution in [2.24, 2.45) is 0 Å². The van der Waals surface area contributed by atoms with Crippen molar-refractivity contribution in [3.05, 3.63) is 23.4 Å². The Balaban J connectivity index is 2.50. The molecule has 1 aromatic rings. The Kier molecular flexibility index (Phi) is 4.76. The van der Waals surface area contributed by atoms with Crippen LogP contribution in [-0.2, 0) is 4.74 Å². The fraction of sp³-hybridized carbons (Fsp3) is 0.429. The third-order valence-corrected chi connectivity index (χ3v) is 2.08. The Bertz CT molecular complexity index is 522. The molecule has 0 atom stereocenters. The Hall–Kier alpha value is -2.22. The minimum Gasteiger partial charge on any atom is -0.444 e. The lowest BCUT2D eigenvalue weighted by Gasteiger charge is -2.19. The number of amides is 1. The van der Waals surface area contributed by atoms with Crippen LogP contribution >= 0.6 is 0 Å². The molecule has 0 aromatic carbocycles. The second kappa shape index (κ2) is 6.10. The van der Waals surface area contributed by atoms with Crippen molar-refractivity contribution in [1.29, 1.82) is 0 Å². The van der Waals surface area contributed by atoms with E-state index in [1.165, 1.54) is 0 Å². The molecule has 0 radical (unpaired) electrons. The lowest BCUT2D eigenvalue weighted by atomic mass is 10.1. The number of rotatable bonds is 1. The number of pyridine rings is 1. The van der Waals surface area contributed by atoms with E-state index in [4.69, 9.17) is 10.5 Å². The van der Waals surface area contributed by atoms with Crippen LogP contribution in [0, 0.1) is 18.8 Å². The van der Waals surface area contributed by atoms with Crippen LogP contribution in [0.2, 0.25) is 0 Å². The molecule has 0 spiro atoms. The predicted octanol–water partition coefficient (Wildman–Crippen LogP) is 1.85. The van der Waals surface area contributed by atoms with Crippen molar-refractivity contribution in [2.75, 3.05) is 12.3 Å². The number of carbonyl (C=O) groups excluding carboxylic acids is 1. The molecule has 1 rings (SSSR count). The summed E-state index contributed by atoms with van der Waals surface area (Å²) in [6.45, 7) is 7.55. The van der Waals surface area contributed by atoms with Gasteiger partial charge < -0.3 is 15.8 Å². The number of nitrogens with one attached hydrogen (secondary N) is 1. The van der Waals surface area contributed by atoms with Gasteiger partial charge in [-0.2, -0.15) is 0 Å². The number of hydrogen-bond donors (Lipinski definition) is 2.